The molecule has 0 aromatic carbocycles. The topological polar surface area (TPSA) is 66.5 Å². The van der Waals surface area contributed by atoms with Gasteiger partial charge in [0.2, 0.25) is 0 Å². The Morgan fingerprint density at radius 2 is 2.33 bits per heavy atom. The van der Waals surface area contributed by atoms with Crippen LogP contribution in [0.3, 0.4) is 0 Å². The molecule has 96 valence electrons. The first kappa shape index (κ1) is 13.2. The van der Waals surface area contributed by atoms with Crippen molar-refractivity contribution in [3.63, 3.8) is 0 Å². The van der Waals surface area contributed by atoms with Crippen LogP contribution in [0.5, 0.6) is 0 Å². The quantitative estimate of drug-likeness (QED) is 0.501. The Morgan fingerprint density at radius 1 is 1.50 bits per heavy atom. The van der Waals surface area contributed by atoms with Gasteiger partial charge in [-0.05, 0) is 12.7 Å². The Balaban J connectivity index is 2.19. The summed E-state index contributed by atoms with van der Waals surface area (Å²) in [6.45, 7) is 2.08. The molecule has 0 aliphatic rings. The number of anilines is 1. The summed E-state index contributed by atoms with van der Waals surface area (Å²) in [5, 5.41) is 4.39. The maximum Gasteiger partial charge on any atom is 0.190 e. The van der Waals surface area contributed by atoms with Crippen LogP contribution in [0.15, 0.2) is 23.6 Å². The average Bonchev–Trinajstić information content (AvgIpc) is 2.89. The summed E-state index contributed by atoms with van der Waals surface area (Å²) in [7, 11) is 0. The summed E-state index contributed by atoms with van der Waals surface area (Å²) in [5.74, 6) is 1.60. The molecule has 5 nitrogen and oxygen atoms in total. The van der Waals surface area contributed by atoms with E-state index in [0.29, 0.717) is 16.1 Å². The number of imidazole rings is 1. The van der Waals surface area contributed by atoms with Crippen LogP contribution in [-0.4, -0.2) is 26.2 Å². The van der Waals surface area contributed by atoms with Crippen LogP contribution >= 0.6 is 23.4 Å². The van der Waals surface area contributed by atoms with Crippen LogP contribution in [0.2, 0.25) is 5.15 Å². The molecule has 1 atom stereocenters. The van der Waals surface area contributed by atoms with Gasteiger partial charge in [0.15, 0.2) is 5.16 Å². The van der Waals surface area contributed by atoms with Gasteiger partial charge in [0.25, 0.3) is 0 Å². The summed E-state index contributed by atoms with van der Waals surface area (Å²) in [6.07, 6.45) is 6.35. The number of rotatable bonds is 5. The zero-order valence-corrected chi connectivity index (χ0v) is 11.7. The molecular weight excluding hydrogens is 270 g/mol. The summed E-state index contributed by atoms with van der Waals surface area (Å²) in [5.41, 5.74) is 0. The highest BCUT2D eigenvalue weighted by Crippen LogP contribution is 2.22. The average molecular weight is 284 g/mol. The maximum atomic E-state index is 5.95. The lowest BCUT2D eigenvalue weighted by atomic mass is 10.2. The molecule has 2 aromatic rings. The fourth-order valence-electron chi connectivity index (χ4n) is 1.57. The van der Waals surface area contributed by atoms with Gasteiger partial charge >= 0.3 is 0 Å². The number of hydrogen-bond donors (Lipinski definition) is 2. The standard InChI is InChI=1S/C11H14ClN5S/c1-3-7(10-13-4-5-14-10)15-9-6-8(12)16-11(17-9)18-2/h4-7H,3H2,1-2H3,(H,13,14)(H,15,16,17). The molecule has 18 heavy (non-hydrogen) atoms. The monoisotopic (exact) mass is 283 g/mol. The van der Waals surface area contributed by atoms with Crippen LogP contribution in [0.1, 0.15) is 25.2 Å². The number of aromatic nitrogens is 4. The highest BCUT2D eigenvalue weighted by Gasteiger charge is 2.13. The first-order valence-electron chi connectivity index (χ1n) is 5.57. The van der Waals surface area contributed by atoms with Crippen LogP contribution in [0.25, 0.3) is 0 Å². The SMILES string of the molecule is CCC(Nc1cc(Cl)nc(SC)n1)c1ncc[nH]1. The lowest BCUT2D eigenvalue weighted by Gasteiger charge is -2.15. The van der Waals surface area contributed by atoms with E-state index >= 15 is 0 Å². The summed E-state index contributed by atoms with van der Waals surface area (Å²) in [4.78, 5) is 15.8. The molecule has 2 heterocycles. The highest BCUT2D eigenvalue weighted by atomic mass is 35.5. The second-order valence-corrected chi connectivity index (χ2v) is 4.80. The molecule has 0 spiro atoms. The molecular formula is C11H14ClN5S. The van der Waals surface area contributed by atoms with E-state index in [0.717, 1.165) is 12.2 Å². The van der Waals surface area contributed by atoms with Gasteiger partial charge in [-0.15, -0.1) is 0 Å². The van der Waals surface area contributed by atoms with Crippen LogP contribution in [0.4, 0.5) is 5.82 Å². The van der Waals surface area contributed by atoms with Crippen molar-refractivity contribution in [1.82, 2.24) is 19.9 Å². The van der Waals surface area contributed by atoms with Crippen molar-refractivity contribution in [2.24, 2.45) is 0 Å². The molecule has 0 aliphatic carbocycles. The fraction of sp³-hybridized carbons (Fsp3) is 0.364. The van der Waals surface area contributed by atoms with Crippen molar-refractivity contribution in [1.29, 1.82) is 0 Å². The summed E-state index contributed by atoms with van der Waals surface area (Å²) in [6, 6.07) is 1.80. The Labute approximate surface area is 115 Å². The predicted molar refractivity (Wildman–Crippen MR) is 74.1 cm³/mol. The zero-order valence-electron chi connectivity index (χ0n) is 10.1. The second kappa shape index (κ2) is 6.06. The number of thioether (sulfide) groups is 1. The number of hydrogen-bond acceptors (Lipinski definition) is 5. The molecule has 0 radical (unpaired) electrons. The van der Waals surface area contributed by atoms with Gasteiger partial charge < -0.3 is 10.3 Å². The number of nitrogens with one attached hydrogen (secondary N) is 2. The molecule has 0 bridgehead atoms. The van der Waals surface area contributed by atoms with E-state index in [1.165, 1.54) is 11.8 Å². The van der Waals surface area contributed by atoms with Gasteiger partial charge in [0, 0.05) is 18.5 Å². The third-order valence-corrected chi connectivity index (χ3v) is 3.18. The summed E-state index contributed by atoms with van der Waals surface area (Å²) < 4.78 is 0. The van der Waals surface area contributed by atoms with Gasteiger partial charge in [-0.25, -0.2) is 15.0 Å². The lowest BCUT2D eigenvalue weighted by Crippen LogP contribution is -2.12. The van der Waals surface area contributed by atoms with E-state index in [1.54, 1.807) is 18.5 Å². The Morgan fingerprint density at radius 3 is 2.94 bits per heavy atom. The van der Waals surface area contributed by atoms with E-state index in [-0.39, 0.29) is 6.04 Å². The minimum Gasteiger partial charge on any atom is -0.360 e. The number of nitrogens with zero attached hydrogens (tertiary/aromatic N) is 3. The molecule has 0 aliphatic heterocycles. The largest absolute Gasteiger partial charge is 0.360 e. The molecule has 0 fully saturated rings. The normalized spacial score (nSPS) is 12.4. The van der Waals surface area contributed by atoms with Crippen molar-refractivity contribution in [2.75, 3.05) is 11.6 Å². The minimum atomic E-state index is 0.0840. The smallest absolute Gasteiger partial charge is 0.190 e. The Hall–Kier alpha value is -1.27. The van der Waals surface area contributed by atoms with Crippen LogP contribution < -0.4 is 5.32 Å². The van der Waals surface area contributed by atoms with Crippen molar-refractivity contribution < 1.29 is 0 Å². The van der Waals surface area contributed by atoms with Crippen molar-refractivity contribution in [2.45, 2.75) is 24.5 Å². The molecule has 0 saturated heterocycles. The number of H-pyrrole nitrogens is 1. The molecule has 0 amide bonds. The predicted octanol–water partition coefficient (Wildman–Crippen LogP) is 3.14. The minimum absolute atomic E-state index is 0.0840. The van der Waals surface area contributed by atoms with E-state index in [1.807, 2.05) is 6.26 Å². The molecule has 2 N–H and O–H groups in total. The van der Waals surface area contributed by atoms with Crippen LogP contribution in [-0.2, 0) is 0 Å². The fourth-order valence-corrected chi connectivity index (χ4v) is 2.19. The first-order chi connectivity index (χ1) is 8.72. The second-order valence-electron chi connectivity index (χ2n) is 3.64. The van der Waals surface area contributed by atoms with Gasteiger partial charge in [-0.1, -0.05) is 30.3 Å². The van der Waals surface area contributed by atoms with Crippen molar-refractivity contribution in [3.8, 4) is 0 Å². The Bertz CT molecular complexity index is 502. The van der Waals surface area contributed by atoms with E-state index < -0.39 is 0 Å². The highest BCUT2D eigenvalue weighted by molar-refractivity contribution is 7.98. The molecule has 7 heteroatoms. The van der Waals surface area contributed by atoms with E-state index in [2.05, 4.69) is 32.2 Å². The number of aromatic amines is 1. The molecule has 0 saturated carbocycles. The molecule has 2 rings (SSSR count). The van der Waals surface area contributed by atoms with Crippen molar-refractivity contribution in [3.05, 3.63) is 29.4 Å². The zero-order chi connectivity index (χ0) is 13.0. The van der Waals surface area contributed by atoms with Crippen LogP contribution in [0, 0.1) is 0 Å². The maximum absolute atomic E-state index is 5.95. The Kier molecular flexibility index (Phi) is 4.43. The van der Waals surface area contributed by atoms with Gasteiger partial charge in [-0.2, -0.15) is 0 Å². The number of halogens is 1. The summed E-state index contributed by atoms with van der Waals surface area (Å²) >= 11 is 7.41. The van der Waals surface area contributed by atoms with E-state index in [4.69, 9.17) is 11.6 Å². The molecule has 1 unspecified atom stereocenters. The van der Waals surface area contributed by atoms with Gasteiger partial charge in [0.05, 0.1) is 6.04 Å². The lowest BCUT2D eigenvalue weighted by molar-refractivity contribution is 0.697. The first-order valence-corrected chi connectivity index (χ1v) is 7.17. The van der Waals surface area contributed by atoms with E-state index in [9.17, 15) is 0 Å². The molecule has 2 aromatic heterocycles. The van der Waals surface area contributed by atoms with Gasteiger partial charge in [-0.3, -0.25) is 0 Å². The van der Waals surface area contributed by atoms with Gasteiger partial charge in [0.1, 0.15) is 16.8 Å². The third kappa shape index (κ3) is 3.14. The van der Waals surface area contributed by atoms with Crippen molar-refractivity contribution >= 4 is 29.2 Å². The third-order valence-electron chi connectivity index (χ3n) is 2.44.